The Labute approximate surface area is 149 Å². The van der Waals surface area contributed by atoms with Gasteiger partial charge in [0.15, 0.2) is 0 Å². The molecule has 1 atom stereocenters. The molecule has 0 saturated carbocycles. The molecule has 0 aliphatic heterocycles. The molecule has 0 spiro atoms. The Bertz CT molecular complexity index is 747. The highest BCUT2D eigenvalue weighted by atomic mass is 35.5. The van der Waals surface area contributed by atoms with Crippen LogP contribution < -0.4 is 4.72 Å². The molecule has 0 bridgehead atoms. The molecule has 0 aliphatic carbocycles. The second kappa shape index (κ2) is 8.62. The molecular formula is C18H23ClN2O2S. The lowest BCUT2D eigenvalue weighted by molar-refractivity contribution is 0.220. The van der Waals surface area contributed by atoms with E-state index in [2.05, 4.69) is 23.5 Å². The SMILES string of the molecule is CCN(CC)[C@@H](CNS(=O)(=O)c1ccccc1)c1ccccc1Cl. The van der Waals surface area contributed by atoms with Crippen LogP contribution in [0, 0.1) is 0 Å². The molecule has 0 aromatic heterocycles. The lowest BCUT2D eigenvalue weighted by Gasteiger charge is -2.30. The van der Waals surface area contributed by atoms with E-state index in [-0.39, 0.29) is 17.5 Å². The second-order valence-electron chi connectivity index (χ2n) is 5.42. The monoisotopic (exact) mass is 366 g/mol. The predicted octanol–water partition coefficient (Wildman–Crippen LogP) is 3.70. The van der Waals surface area contributed by atoms with Crippen molar-refractivity contribution < 1.29 is 8.42 Å². The molecule has 2 rings (SSSR count). The lowest BCUT2D eigenvalue weighted by atomic mass is 10.1. The molecule has 0 aliphatic rings. The zero-order valence-electron chi connectivity index (χ0n) is 13.9. The number of rotatable bonds is 8. The minimum Gasteiger partial charge on any atom is -0.296 e. The molecule has 130 valence electrons. The van der Waals surface area contributed by atoms with Gasteiger partial charge in [0, 0.05) is 17.6 Å². The van der Waals surface area contributed by atoms with E-state index in [1.165, 1.54) is 0 Å². The van der Waals surface area contributed by atoms with Gasteiger partial charge in [-0.2, -0.15) is 0 Å². The Morgan fingerprint density at radius 2 is 1.58 bits per heavy atom. The summed E-state index contributed by atoms with van der Waals surface area (Å²) in [5.41, 5.74) is 0.929. The molecule has 1 N–H and O–H groups in total. The summed E-state index contributed by atoms with van der Waals surface area (Å²) in [5, 5.41) is 0.647. The van der Waals surface area contributed by atoms with E-state index >= 15 is 0 Å². The molecule has 24 heavy (non-hydrogen) atoms. The molecule has 2 aromatic carbocycles. The van der Waals surface area contributed by atoms with E-state index in [1.54, 1.807) is 30.3 Å². The average molecular weight is 367 g/mol. The van der Waals surface area contributed by atoms with Crippen molar-refractivity contribution in [2.24, 2.45) is 0 Å². The van der Waals surface area contributed by atoms with Crippen LogP contribution in [-0.4, -0.2) is 33.0 Å². The predicted molar refractivity (Wildman–Crippen MR) is 98.7 cm³/mol. The summed E-state index contributed by atoms with van der Waals surface area (Å²) >= 11 is 6.34. The molecule has 0 unspecified atom stereocenters. The van der Waals surface area contributed by atoms with Crippen molar-refractivity contribution in [3.63, 3.8) is 0 Å². The normalized spacial score (nSPS) is 13.2. The highest BCUT2D eigenvalue weighted by Gasteiger charge is 2.23. The standard InChI is InChI=1S/C18H23ClN2O2S/c1-3-21(4-2)18(16-12-8-9-13-17(16)19)14-20-24(22,23)15-10-6-5-7-11-15/h5-13,18,20H,3-4,14H2,1-2H3/t18-/m0/s1. The number of sulfonamides is 1. The van der Waals surface area contributed by atoms with Crippen molar-refractivity contribution in [1.29, 1.82) is 0 Å². The minimum absolute atomic E-state index is 0.118. The Morgan fingerprint density at radius 3 is 2.17 bits per heavy atom. The number of benzene rings is 2. The summed E-state index contributed by atoms with van der Waals surface area (Å²) in [6.45, 7) is 5.99. The summed E-state index contributed by atoms with van der Waals surface area (Å²) in [4.78, 5) is 2.46. The van der Waals surface area contributed by atoms with Crippen molar-refractivity contribution in [1.82, 2.24) is 9.62 Å². The van der Waals surface area contributed by atoms with Crippen molar-refractivity contribution in [3.8, 4) is 0 Å². The topological polar surface area (TPSA) is 49.4 Å². The number of likely N-dealkylation sites (N-methyl/N-ethyl adjacent to an activating group) is 1. The van der Waals surface area contributed by atoms with E-state index in [0.29, 0.717) is 5.02 Å². The number of hydrogen-bond acceptors (Lipinski definition) is 3. The van der Waals surface area contributed by atoms with Gasteiger partial charge in [-0.3, -0.25) is 4.90 Å². The third-order valence-corrected chi connectivity index (χ3v) is 5.82. The van der Waals surface area contributed by atoms with Gasteiger partial charge in [-0.1, -0.05) is 61.8 Å². The van der Waals surface area contributed by atoms with Crippen molar-refractivity contribution in [2.75, 3.05) is 19.6 Å². The Balaban J connectivity index is 2.25. The lowest BCUT2D eigenvalue weighted by Crippen LogP contribution is -2.38. The van der Waals surface area contributed by atoms with Crippen LogP contribution >= 0.6 is 11.6 Å². The van der Waals surface area contributed by atoms with Crippen LogP contribution in [0.1, 0.15) is 25.5 Å². The summed E-state index contributed by atoms with van der Waals surface area (Å²) < 4.78 is 27.7. The number of hydrogen-bond donors (Lipinski definition) is 1. The highest BCUT2D eigenvalue weighted by Crippen LogP contribution is 2.27. The molecule has 4 nitrogen and oxygen atoms in total. The molecule has 0 heterocycles. The van der Waals surface area contributed by atoms with Crippen LogP contribution in [-0.2, 0) is 10.0 Å². The van der Waals surface area contributed by atoms with E-state index in [1.807, 2.05) is 24.3 Å². The fourth-order valence-electron chi connectivity index (χ4n) is 2.72. The maximum absolute atomic E-state index is 12.5. The van der Waals surface area contributed by atoms with E-state index < -0.39 is 10.0 Å². The van der Waals surface area contributed by atoms with E-state index in [4.69, 9.17) is 11.6 Å². The van der Waals surface area contributed by atoms with Crippen LogP contribution in [0.3, 0.4) is 0 Å². The average Bonchev–Trinajstić information content (AvgIpc) is 2.60. The molecule has 0 amide bonds. The van der Waals surface area contributed by atoms with Crippen LogP contribution in [0.4, 0.5) is 0 Å². The van der Waals surface area contributed by atoms with Gasteiger partial charge in [0.2, 0.25) is 10.0 Å². The van der Waals surface area contributed by atoms with Crippen LogP contribution in [0.15, 0.2) is 59.5 Å². The largest absolute Gasteiger partial charge is 0.296 e. The third-order valence-electron chi connectivity index (χ3n) is 4.04. The first-order valence-corrected chi connectivity index (χ1v) is 9.89. The molecular weight excluding hydrogens is 344 g/mol. The maximum atomic E-state index is 12.5. The van der Waals surface area contributed by atoms with Crippen LogP contribution in [0.5, 0.6) is 0 Å². The zero-order valence-corrected chi connectivity index (χ0v) is 15.5. The molecule has 0 radical (unpaired) electrons. The zero-order chi connectivity index (χ0) is 17.6. The summed E-state index contributed by atoms with van der Waals surface area (Å²) in [6, 6.07) is 15.8. The first-order chi connectivity index (χ1) is 11.5. The van der Waals surface area contributed by atoms with Gasteiger partial charge in [-0.15, -0.1) is 0 Å². The summed E-state index contributed by atoms with van der Waals surface area (Å²) in [5.74, 6) is 0. The van der Waals surface area contributed by atoms with Gasteiger partial charge in [-0.25, -0.2) is 13.1 Å². The van der Waals surface area contributed by atoms with Gasteiger partial charge in [0.25, 0.3) is 0 Å². The summed E-state index contributed by atoms with van der Waals surface area (Å²) in [7, 11) is -3.55. The molecule has 0 saturated heterocycles. The van der Waals surface area contributed by atoms with Crippen molar-refractivity contribution in [2.45, 2.75) is 24.8 Å². The smallest absolute Gasteiger partial charge is 0.240 e. The minimum atomic E-state index is -3.55. The second-order valence-corrected chi connectivity index (χ2v) is 7.60. The van der Waals surface area contributed by atoms with Crippen LogP contribution in [0.2, 0.25) is 5.02 Å². The highest BCUT2D eigenvalue weighted by molar-refractivity contribution is 7.89. The van der Waals surface area contributed by atoms with Crippen molar-refractivity contribution in [3.05, 3.63) is 65.2 Å². The van der Waals surface area contributed by atoms with Gasteiger partial charge in [-0.05, 0) is 36.9 Å². The Morgan fingerprint density at radius 1 is 1.00 bits per heavy atom. The quantitative estimate of drug-likeness (QED) is 0.774. The van der Waals surface area contributed by atoms with Gasteiger partial charge in [0.05, 0.1) is 4.90 Å². The van der Waals surface area contributed by atoms with E-state index in [9.17, 15) is 8.42 Å². The molecule has 0 fully saturated rings. The molecule has 6 heteroatoms. The van der Waals surface area contributed by atoms with Crippen LogP contribution in [0.25, 0.3) is 0 Å². The van der Waals surface area contributed by atoms with Gasteiger partial charge in [0.1, 0.15) is 0 Å². The van der Waals surface area contributed by atoms with Crippen molar-refractivity contribution >= 4 is 21.6 Å². The first kappa shape index (κ1) is 18.9. The fourth-order valence-corrected chi connectivity index (χ4v) is 4.04. The number of nitrogens with one attached hydrogen (secondary N) is 1. The van der Waals surface area contributed by atoms with Gasteiger partial charge >= 0.3 is 0 Å². The first-order valence-electron chi connectivity index (χ1n) is 8.02. The Kier molecular flexibility index (Phi) is 6.80. The Hall–Kier alpha value is -1.40. The van der Waals surface area contributed by atoms with Gasteiger partial charge < -0.3 is 0 Å². The third kappa shape index (κ3) is 4.57. The van der Waals surface area contributed by atoms with E-state index in [0.717, 1.165) is 18.7 Å². The maximum Gasteiger partial charge on any atom is 0.240 e. The number of nitrogens with zero attached hydrogens (tertiary/aromatic N) is 1. The fraction of sp³-hybridized carbons (Fsp3) is 0.333. The summed E-state index contributed by atoms with van der Waals surface area (Å²) in [6.07, 6.45) is 0. The molecule has 2 aromatic rings. The number of halogens is 1.